The zero-order valence-electron chi connectivity index (χ0n) is 17.5. The molecule has 0 radical (unpaired) electrons. The largest absolute Gasteiger partial charge is 0.497 e. The van der Waals surface area contributed by atoms with E-state index in [2.05, 4.69) is 10.6 Å². The van der Waals surface area contributed by atoms with E-state index in [4.69, 9.17) is 4.74 Å². The Hall–Kier alpha value is -1.69. The molecule has 2 aliphatic carbocycles. The Morgan fingerprint density at radius 3 is 2.41 bits per heavy atom. The summed E-state index contributed by atoms with van der Waals surface area (Å²) < 4.78 is 5.17. The summed E-state index contributed by atoms with van der Waals surface area (Å²) in [5.41, 5.74) is 1.01. The number of nitrogens with one attached hydrogen (secondary N) is 2. The molecule has 160 valence electrons. The molecule has 0 aliphatic heterocycles. The summed E-state index contributed by atoms with van der Waals surface area (Å²) >= 11 is 1.81. The highest BCUT2D eigenvalue weighted by atomic mass is 32.2. The van der Waals surface area contributed by atoms with E-state index >= 15 is 0 Å². The van der Waals surface area contributed by atoms with Gasteiger partial charge in [-0.1, -0.05) is 37.8 Å². The van der Waals surface area contributed by atoms with Crippen molar-refractivity contribution in [1.29, 1.82) is 0 Å². The molecule has 2 amide bonds. The first kappa shape index (κ1) is 22.0. The van der Waals surface area contributed by atoms with Crippen molar-refractivity contribution < 1.29 is 14.3 Å². The number of amides is 2. The predicted octanol–water partition coefficient (Wildman–Crippen LogP) is 3.91. The summed E-state index contributed by atoms with van der Waals surface area (Å²) in [4.78, 5) is 25.3. The van der Waals surface area contributed by atoms with E-state index in [-0.39, 0.29) is 17.7 Å². The average molecular weight is 419 g/mol. The van der Waals surface area contributed by atoms with Crippen LogP contribution in [0.1, 0.15) is 56.9 Å². The molecule has 29 heavy (non-hydrogen) atoms. The predicted molar refractivity (Wildman–Crippen MR) is 118 cm³/mol. The van der Waals surface area contributed by atoms with E-state index < -0.39 is 6.04 Å². The lowest BCUT2D eigenvalue weighted by atomic mass is 9.84. The number of hydrogen-bond donors (Lipinski definition) is 2. The third-order valence-electron chi connectivity index (χ3n) is 6.10. The molecule has 1 unspecified atom stereocenters. The summed E-state index contributed by atoms with van der Waals surface area (Å²) in [6.45, 7) is 0.450. The van der Waals surface area contributed by atoms with Gasteiger partial charge in [0.2, 0.25) is 11.8 Å². The first-order valence-electron chi connectivity index (χ1n) is 10.9. The third kappa shape index (κ3) is 6.95. The van der Waals surface area contributed by atoms with Crippen LogP contribution in [-0.2, 0) is 16.1 Å². The molecule has 1 aromatic rings. The highest BCUT2D eigenvalue weighted by Gasteiger charge is 2.29. The lowest BCUT2D eigenvalue weighted by molar-refractivity contribution is -0.132. The Labute approximate surface area is 178 Å². The fourth-order valence-electron chi connectivity index (χ4n) is 3.91. The maximum absolute atomic E-state index is 12.8. The normalized spacial score (nSPS) is 18.5. The topological polar surface area (TPSA) is 67.4 Å². The molecule has 2 aliphatic rings. The zero-order chi connectivity index (χ0) is 20.5. The molecule has 2 N–H and O–H groups in total. The summed E-state index contributed by atoms with van der Waals surface area (Å²) in [5.74, 6) is 3.33. The van der Waals surface area contributed by atoms with Crippen molar-refractivity contribution >= 4 is 23.6 Å². The minimum Gasteiger partial charge on any atom is -0.497 e. The Bertz CT molecular complexity index is 655. The summed E-state index contributed by atoms with van der Waals surface area (Å²) in [5, 5.41) is 6.02. The summed E-state index contributed by atoms with van der Waals surface area (Å²) in [7, 11) is 1.64. The summed E-state index contributed by atoms with van der Waals surface area (Å²) in [6.07, 6.45) is 9.62. The van der Waals surface area contributed by atoms with Gasteiger partial charge in [-0.15, -0.1) is 0 Å². The fourth-order valence-corrected chi connectivity index (χ4v) is 5.18. The van der Waals surface area contributed by atoms with Crippen LogP contribution in [0.3, 0.4) is 0 Å². The maximum atomic E-state index is 12.8. The SMILES string of the molecule is COc1ccc(CNC(=O)C(CSCC2CCCCC2)NC(=O)C2CCC2)cc1. The van der Waals surface area contributed by atoms with E-state index in [0.29, 0.717) is 12.3 Å². The second-order valence-electron chi connectivity index (χ2n) is 8.30. The number of carbonyl (C=O) groups excluding carboxylic acids is 2. The van der Waals surface area contributed by atoms with Crippen molar-refractivity contribution in [1.82, 2.24) is 10.6 Å². The number of carbonyl (C=O) groups is 2. The van der Waals surface area contributed by atoms with Gasteiger partial charge in [0.1, 0.15) is 11.8 Å². The lowest BCUT2D eigenvalue weighted by Gasteiger charge is -2.27. The lowest BCUT2D eigenvalue weighted by Crippen LogP contribution is -2.50. The van der Waals surface area contributed by atoms with Gasteiger partial charge in [-0.25, -0.2) is 0 Å². The molecule has 0 spiro atoms. The van der Waals surface area contributed by atoms with E-state index in [0.717, 1.165) is 42.2 Å². The van der Waals surface area contributed by atoms with Crippen LogP contribution in [0.2, 0.25) is 0 Å². The number of benzene rings is 1. The number of ether oxygens (including phenoxy) is 1. The van der Waals surface area contributed by atoms with Crippen molar-refractivity contribution in [3.8, 4) is 5.75 Å². The maximum Gasteiger partial charge on any atom is 0.243 e. The third-order valence-corrected chi connectivity index (χ3v) is 7.37. The molecule has 2 fully saturated rings. The van der Waals surface area contributed by atoms with Crippen molar-refractivity contribution in [2.75, 3.05) is 18.6 Å². The van der Waals surface area contributed by atoms with Gasteiger partial charge >= 0.3 is 0 Å². The number of methoxy groups -OCH3 is 1. The molecule has 1 aromatic carbocycles. The molecular formula is C23H34N2O3S. The quantitative estimate of drug-likeness (QED) is 0.605. The van der Waals surface area contributed by atoms with Gasteiger partial charge < -0.3 is 15.4 Å². The van der Waals surface area contributed by atoms with Gasteiger partial charge in [0.15, 0.2) is 0 Å². The van der Waals surface area contributed by atoms with E-state index in [1.165, 1.54) is 32.1 Å². The van der Waals surface area contributed by atoms with Crippen LogP contribution in [0.25, 0.3) is 0 Å². The van der Waals surface area contributed by atoms with Crippen LogP contribution in [0.5, 0.6) is 5.75 Å². The van der Waals surface area contributed by atoms with E-state index in [1.54, 1.807) is 7.11 Å². The van der Waals surface area contributed by atoms with Gasteiger partial charge in [0.05, 0.1) is 7.11 Å². The van der Waals surface area contributed by atoms with Gasteiger partial charge in [-0.05, 0) is 55.1 Å². The van der Waals surface area contributed by atoms with Gasteiger partial charge in [0, 0.05) is 18.2 Å². The van der Waals surface area contributed by atoms with Crippen LogP contribution in [0.4, 0.5) is 0 Å². The molecule has 6 heteroatoms. The standard InChI is InChI=1S/C23H34N2O3S/c1-28-20-12-10-17(11-13-20)14-24-23(27)21(25-22(26)19-8-5-9-19)16-29-15-18-6-3-2-4-7-18/h10-13,18-19,21H,2-9,14-16H2,1H3,(H,24,27)(H,25,26). The monoisotopic (exact) mass is 418 g/mol. The van der Waals surface area contributed by atoms with Gasteiger partial charge in [-0.3, -0.25) is 9.59 Å². The van der Waals surface area contributed by atoms with E-state index in [9.17, 15) is 9.59 Å². The first-order valence-corrected chi connectivity index (χ1v) is 12.1. The molecule has 3 rings (SSSR count). The first-order chi connectivity index (χ1) is 14.2. The molecule has 0 heterocycles. The Morgan fingerprint density at radius 2 is 1.79 bits per heavy atom. The fraction of sp³-hybridized carbons (Fsp3) is 0.652. The second-order valence-corrected chi connectivity index (χ2v) is 9.37. The van der Waals surface area contributed by atoms with Crippen molar-refractivity contribution in [3.63, 3.8) is 0 Å². The molecular weight excluding hydrogens is 384 g/mol. The average Bonchev–Trinajstić information content (AvgIpc) is 2.71. The Kier molecular flexibility index (Phi) is 8.71. The van der Waals surface area contributed by atoms with Crippen molar-refractivity contribution in [2.24, 2.45) is 11.8 Å². The van der Waals surface area contributed by atoms with Crippen LogP contribution in [0.15, 0.2) is 24.3 Å². The van der Waals surface area contributed by atoms with Gasteiger partial charge in [-0.2, -0.15) is 11.8 Å². The Morgan fingerprint density at radius 1 is 1.07 bits per heavy atom. The minimum atomic E-state index is -0.463. The highest BCUT2D eigenvalue weighted by molar-refractivity contribution is 7.99. The molecule has 0 bridgehead atoms. The van der Waals surface area contributed by atoms with Crippen molar-refractivity contribution in [2.45, 2.75) is 64.0 Å². The molecule has 2 saturated carbocycles. The minimum absolute atomic E-state index is 0.0408. The molecule has 1 atom stereocenters. The smallest absolute Gasteiger partial charge is 0.243 e. The zero-order valence-corrected chi connectivity index (χ0v) is 18.3. The molecule has 0 aromatic heterocycles. The highest BCUT2D eigenvalue weighted by Crippen LogP contribution is 2.28. The molecule has 5 nitrogen and oxygen atoms in total. The van der Waals surface area contributed by atoms with Crippen LogP contribution < -0.4 is 15.4 Å². The van der Waals surface area contributed by atoms with Crippen molar-refractivity contribution in [3.05, 3.63) is 29.8 Å². The number of thioether (sulfide) groups is 1. The number of hydrogen-bond acceptors (Lipinski definition) is 4. The van der Waals surface area contributed by atoms with Crippen LogP contribution in [0, 0.1) is 11.8 Å². The Balaban J connectivity index is 1.50. The second kappa shape index (κ2) is 11.5. The van der Waals surface area contributed by atoms with Crippen LogP contribution >= 0.6 is 11.8 Å². The number of rotatable bonds is 10. The summed E-state index contributed by atoms with van der Waals surface area (Å²) in [6, 6.07) is 7.20. The van der Waals surface area contributed by atoms with E-state index in [1.807, 2.05) is 36.0 Å². The van der Waals surface area contributed by atoms with Gasteiger partial charge in [0.25, 0.3) is 0 Å². The van der Waals surface area contributed by atoms with Crippen LogP contribution in [-0.4, -0.2) is 36.5 Å². The molecule has 0 saturated heterocycles.